The number of hydrogen-bond acceptors (Lipinski definition) is 4. The van der Waals surface area contributed by atoms with Crippen LogP contribution in [0.4, 0.5) is 0 Å². The summed E-state index contributed by atoms with van der Waals surface area (Å²) in [5.41, 5.74) is -0.924. The molecule has 7 heteroatoms. The van der Waals surface area contributed by atoms with Gasteiger partial charge in [-0.15, -0.1) is 11.3 Å². The Bertz CT molecular complexity index is 537. The van der Waals surface area contributed by atoms with Crippen LogP contribution in [-0.4, -0.2) is 30.6 Å². The number of nitrogens with one attached hydrogen (secondary N) is 1. The van der Waals surface area contributed by atoms with Crippen LogP contribution in [0.3, 0.4) is 0 Å². The number of thiophene rings is 1. The van der Waals surface area contributed by atoms with Crippen molar-refractivity contribution in [3.05, 3.63) is 14.2 Å². The highest BCUT2D eigenvalue weighted by Crippen LogP contribution is 2.39. The molecule has 0 saturated heterocycles. The molecule has 0 fully saturated rings. The van der Waals surface area contributed by atoms with Gasteiger partial charge < -0.3 is 15.2 Å². The summed E-state index contributed by atoms with van der Waals surface area (Å²) < 4.78 is 6.00. The maximum absolute atomic E-state index is 12.3. The van der Waals surface area contributed by atoms with E-state index < -0.39 is 11.4 Å². The lowest BCUT2D eigenvalue weighted by molar-refractivity contribution is -0.149. The van der Waals surface area contributed by atoms with E-state index in [1.54, 1.807) is 0 Å². The number of carbonyl (C=O) groups is 2. The van der Waals surface area contributed by atoms with E-state index in [-0.39, 0.29) is 12.5 Å². The van der Waals surface area contributed by atoms with Crippen LogP contribution in [0.1, 0.15) is 41.2 Å². The molecule has 1 rings (SSSR count). The number of carboxylic acids is 1. The van der Waals surface area contributed by atoms with Crippen LogP contribution in [0, 0.1) is 12.3 Å². The van der Waals surface area contributed by atoms with Crippen molar-refractivity contribution in [2.24, 2.45) is 5.41 Å². The SMILES string of the molecule is CCC(CC)(CNC(=O)c1sc(C)c(Br)c1OC)C(=O)O. The van der Waals surface area contributed by atoms with E-state index >= 15 is 0 Å². The van der Waals surface area contributed by atoms with Crippen molar-refractivity contribution in [1.29, 1.82) is 0 Å². The van der Waals surface area contributed by atoms with Gasteiger partial charge in [0.15, 0.2) is 5.75 Å². The van der Waals surface area contributed by atoms with Gasteiger partial charge in [-0.2, -0.15) is 0 Å². The Morgan fingerprint density at radius 1 is 1.38 bits per heavy atom. The standard InChI is InChI=1S/C14H20BrNO4S/c1-5-14(6-2,13(18)19)7-16-12(17)11-10(20-4)9(15)8(3)21-11/h5-7H2,1-4H3,(H,16,17)(H,18,19). The molecule has 0 aliphatic carbocycles. The quantitative estimate of drug-likeness (QED) is 0.762. The molecule has 0 atom stereocenters. The molecule has 0 spiro atoms. The Kier molecular flexibility index (Phi) is 6.22. The molecule has 1 amide bonds. The lowest BCUT2D eigenvalue weighted by atomic mass is 9.82. The Balaban J connectivity index is 2.92. The molecule has 1 aromatic heterocycles. The van der Waals surface area contributed by atoms with E-state index in [0.717, 1.165) is 9.35 Å². The third-order valence-electron chi connectivity index (χ3n) is 3.77. The van der Waals surface area contributed by atoms with Gasteiger partial charge in [-0.05, 0) is 35.7 Å². The van der Waals surface area contributed by atoms with Gasteiger partial charge in [-0.25, -0.2) is 0 Å². The maximum Gasteiger partial charge on any atom is 0.311 e. The third-order valence-corrected chi connectivity index (χ3v) is 6.08. The molecule has 21 heavy (non-hydrogen) atoms. The van der Waals surface area contributed by atoms with Gasteiger partial charge in [0.05, 0.1) is 17.0 Å². The number of ether oxygens (including phenoxy) is 1. The van der Waals surface area contributed by atoms with E-state index in [1.807, 2.05) is 20.8 Å². The number of amides is 1. The minimum absolute atomic E-state index is 0.103. The number of carboxylic acid groups (broad SMARTS) is 1. The minimum Gasteiger partial charge on any atom is -0.494 e. The fourth-order valence-corrected chi connectivity index (χ4v) is 3.71. The maximum atomic E-state index is 12.3. The number of aryl methyl sites for hydroxylation is 1. The Morgan fingerprint density at radius 2 is 1.95 bits per heavy atom. The van der Waals surface area contributed by atoms with Gasteiger partial charge in [0.2, 0.25) is 0 Å². The van der Waals surface area contributed by atoms with E-state index in [1.165, 1.54) is 18.4 Å². The number of rotatable bonds is 7. The van der Waals surface area contributed by atoms with E-state index in [2.05, 4.69) is 21.2 Å². The molecule has 0 aliphatic heterocycles. The highest BCUT2D eigenvalue weighted by molar-refractivity contribution is 9.10. The lowest BCUT2D eigenvalue weighted by Crippen LogP contribution is -2.42. The highest BCUT2D eigenvalue weighted by Gasteiger charge is 2.35. The smallest absolute Gasteiger partial charge is 0.311 e. The molecule has 0 bridgehead atoms. The molecule has 0 saturated carbocycles. The fraction of sp³-hybridized carbons (Fsp3) is 0.571. The number of halogens is 1. The van der Waals surface area contributed by atoms with Crippen LogP contribution in [-0.2, 0) is 4.79 Å². The zero-order chi connectivity index (χ0) is 16.2. The predicted molar refractivity (Wildman–Crippen MR) is 86.3 cm³/mol. The van der Waals surface area contributed by atoms with Gasteiger partial charge in [-0.1, -0.05) is 13.8 Å². The summed E-state index contributed by atoms with van der Waals surface area (Å²) in [5, 5.41) is 12.1. The van der Waals surface area contributed by atoms with Crippen LogP contribution in [0.15, 0.2) is 4.47 Å². The first-order valence-corrected chi connectivity index (χ1v) is 8.28. The fourth-order valence-electron chi connectivity index (χ4n) is 2.04. The number of hydrogen-bond donors (Lipinski definition) is 2. The summed E-state index contributed by atoms with van der Waals surface area (Å²) in [7, 11) is 1.50. The van der Waals surface area contributed by atoms with Crippen molar-refractivity contribution in [3.8, 4) is 5.75 Å². The van der Waals surface area contributed by atoms with Crippen molar-refractivity contribution in [1.82, 2.24) is 5.32 Å². The van der Waals surface area contributed by atoms with Gasteiger partial charge in [0, 0.05) is 11.4 Å². The predicted octanol–water partition coefficient (Wildman–Crippen LogP) is 3.45. The molecule has 1 heterocycles. The van der Waals surface area contributed by atoms with Gasteiger partial charge in [0.1, 0.15) is 4.88 Å². The molecule has 118 valence electrons. The zero-order valence-corrected chi connectivity index (χ0v) is 15.0. The van der Waals surface area contributed by atoms with E-state index in [0.29, 0.717) is 23.5 Å². The molecule has 0 aromatic carbocycles. The van der Waals surface area contributed by atoms with Crippen LogP contribution in [0.25, 0.3) is 0 Å². The van der Waals surface area contributed by atoms with Crippen molar-refractivity contribution < 1.29 is 19.4 Å². The number of carbonyl (C=O) groups excluding carboxylic acids is 1. The first-order valence-electron chi connectivity index (χ1n) is 6.67. The van der Waals surface area contributed by atoms with Gasteiger partial charge >= 0.3 is 5.97 Å². The summed E-state index contributed by atoms with van der Waals surface area (Å²) in [6.45, 7) is 5.62. The molecule has 1 aromatic rings. The summed E-state index contributed by atoms with van der Waals surface area (Å²) >= 11 is 4.70. The molecule has 0 unspecified atom stereocenters. The average molecular weight is 378 g/mol. The molecule has 2 N–H and O–H groups in total. The Labute approximate surface area is 136 Å². The van der Waals surface area contributed by atoms with E-state index in [4.69, 9.17) is 4.74 Å². The first kappa shape index (κ1) is 18.0. The summed E-state index contributed by atoms with van der Waals surface area (Å²) in [5.74, 6) is -0.703. The van der Waals surface area contributed by atoms with Crippen molar-refractivity contribution in [2.45, 2.75) is 33.6 Å². The molecule has 0 radical (unpaired) electrons. The molecular weight excluding hydrogens is 358 g/mol. The molecule has 0 aliphatic rings. The first-order chi connectivity index (χ1) is 9.82. The average Bonchev–Trinajstić information content (AvgIpc) is 2.75. The lowest BCUT2D eigenvalue weighted by Gasteiger charge is -2.26. The summed E-state index contributed by atoms with van der Waals surface area (Å²) in [6, 6.07) is 0. The topological polar surface area (TPSA) is 75.6 Å². The molecular formula is C14H20BrNO4S. The van der Waals surface area contributed by atoms with Gasteiger partial charge in [-0.3, -0.25) is 9.59 Å². The van der Waals surface area contributed by atoms with Crippen LogP contribution in [0.5, 0.6) is 5.75 Å². The minimum atomic E-state index is -0.924. The Morgan fingerprint density at radius 3 is 2.38 bits per heavy atom. The Hall–Kier alpha value is -1.08. The third kappa shape index (κ3) is 3.58. The summed E-state index contributed by atoms with van der Waals surface area (Å²) in [4.78, 5) is 25.1. The number of aliphatic carboxylic acids is 1. The largest absolute Gasteiger partial charge is 0.494 e. The number of methoxy groups -OCH3 is 1. The van der Waals surface area contributed by atoms with Crippen molar-refractivity contribution in [2.75, 3.05) is 13.7 Å². The van der Waals surface area contributed by atoms with Crippen molar-refractivity contribution >= 4 is 39.1 Å². The highest BCUT2D eigenvalue weighted by atomic mass is 79.9. The second kappa shape index (κ2) is 7.26. The second-order valence-electron chi connectivity index (χ2n) is 4.81. The van der Waals surface area contributed by atoms with Gasteiger partial charge in [0.25, 0.3) is 5.91 Å². The van der Waals surface area contributed by atoms with Crippen LogP contribution < -0.4 is 10.1 Å². The van der Waals surface area contributed by atoms with Crippen LogP contribution >= 0.6 is 27.3 Å². The normalized spacial score (nSPS) is 11.3. The summed E-state index contributed by atoms with van der Waals surface area (Å²) in [6.07, 6.45) is 0.923. The van der Waals surface area contributed by atoms with Crippen molar-refractivity contribution in [3.63, 3.8) is 0 Å². The zero-order valence-electron chi connectivity index (χ0n) is 12.6. The van der Waals surface area contributed by atoms with E-state index in [9.17, 15) is 14.7 Å². The van der Waals surface area contributed by atoms with Crippen LogP contribution in [0.2, 0.25) is 0 Å². The monoisotopic (exact) mass is 377 g/mol. The molecule has 5 nitrogen and oxygen atoms in total. The second-order valence-corrected chi connectivity index (χ2v) is 6.83.